The molecule has 0 unspecified atom stereocenters. The summed E-state index contributed by atoms with van der Waals surface area (Å²) in [6.07, 6.45) is 19.0. The average Bonchev–Trinajstić information content (AvgIpc) is 2.61. The molecule has 2 heteroatoms. The molecule has 0 N–H and O–H groups in total. The van der Waals surface area contributed by atoms with Crippen molar-refractivity contribution < 1.29 is 4.43 Å². The molecule has 4 aliphatic rings. The molecule has 152 valence electrons. The van der Waals surface area contributed by atoms with Crippen molar-refractivity contribution in [3.63, 3.8) is 0 Å². The molecule has 0 aromatic carbocycles. The molecule has 0 amide bonds. The van der Waals surface area contributed by atoms with Gasteiger partial charge in [0.15, 0.2) is 8.32 Å². The third-order valence-electron chi connectivity index (χ3n) is 8.16. The van der Waals surface area contributed by atoms with Crippen LogP contribution in [-0.2, 0) is 4.43 Å². The maximum atomic E-state index is 7.01. The Balaban J connectivity index is 1.57. The van der Waals surface area contributed by atoms with E-state index in [1.807, 2.05) is 0 Å². The van der Waals surface area contributed by atoms with E-state index >= 15 is 0 Å². The van der Waals surface area contributed by atoms with Gasteiger partial charge < -0.3 is 4.43 Å². The van der Waals surface area contributed by atoms with Crippen LogP contribution in [0.2, 0.25) is 18.1 Å². The molecule has 26 heavy (non-hydrogen) atoms. The highest BCUT2D eigenvalue weighted by molar-refractivity contribution is 6.73. The fourth-order valence-corrected chi connectivity index (χ4v) is 11.9. The SMILES string of the molecule is CCCC[Si](CCCC)(CCCC)OCCC12CC3CC(CC(C3)C1)C2. The molecule has 4 saturated carbocycles. The lowest BCUT2D eigenvalue weighted by molar-refractivity contribution is -0.0628. The minimum atomic E-state index is -1.49. The Labute approximate surface area is 165 Å². The van der Waals surface area contributed by atoms with Gasteiger partial charge in [0.2, 0.25) is 0 Å². The van der Waals surface area contributed by atoms with Gasteiger partial charge in [0.1, 0.15) is 0 Å². The first kappa shape index (κ1) is 20.9. The monoisotopic (exact) mass is 378 g/mol. The van der Waals surface area contributed by atoms with Gasteiger partial charge in [0.25, 0.3) is 0 Å². The van der Waals surface area contributed by atoms with Crippen molar-refractivity contribution in [2.24, 2.45) is 23.2 Å². The van der Waals surface area contributed by atoms with E-state index < -0.39 is 8.32 Å². The van der Waals surface area contributed by atoms with Gasteiger partial charge in [-0.25, -0.2) is 0 Å². The second kappa shape index (κ2) is 9.59. The first-order valence-electron chi connectivity index (χ1n) is 12.3. The third-order valence-corrected chi connectivity index (χ3v) is 12.8. The molecule has 0 saturated heterocycles. The summed E-state index contributed by atoms with van der Waals surface area (Å²) >= 11 is 0. The lowest BCUT2D eigenvalue weighted by Gasteiger charge is -2.57. The summed E-state index contributed by atoms with van der Waals surface area (Å²) in [7, 11) is -1.49. The average molecular weight is 379 g/mol. The molecule has 4 bridgehead atoms. The lowest BCUT2D eigenvalue weighted by atomic mass is 9.49. The van der Waals surface area contributed by atoms with E-state index in [1.165, 1.54) is 63.1 Å². The Bertz CT molecular complexity index is 361. The van der Waals surface area contributed by atoms with Gasteiger partial charge in [0.05, 0.1) is 0 Å². The highest BCUT2D eigenvalue weighted by atomic mass is 28.4. The van der Waals surface area contributed by atoms with Crippen molar-refractivity contribution in [1.29, 1.82) is 0 Å². The van der Waals surface area contributed by atoms with E-state index in [0.29, 0.717) is 5.41 Å². The van der Waals surface area contributed by atoms with E-state index in [0.717, 1.165) is 24.4 Å². The molecule has 4 fully saturated rings. The van der Waals surface area contributed by atoms with Crippen molar-refractivity contribution >= 4 is 8.32 Å². The summed E-state index contributed by atoms with van der Waals surface area (Å²) in [5.74, 6) is 3.26. The number of rotatable bonds is 13. The number of hydrogen-bond acceptors (Lipinski definition) is 1. The van der Waals surface area contributed by atoms with Gasteiger partial charge in [-0.15, -0.1) is 0 Å². The minimum absolute atomic E-state index is 0.704. The molecule has 0 aromatic rings. The first-order chi connectivity index (χ1) is 12.6. The fraction of sp³-hybridized carbons (Fsp3) is 1.00. The molecular weight excluding hydrogens is 332 g/mol. The van der Waals surface area contributed by atoms with Crippen molar-refractivity contribution in [2.75, 3.05) is 6.61 Å². The molecule has 0 aromatic heterocycles. The molecular formula is C24H46OSi. The second-order valence-corrected chi connectivity index (χ2v) is 14.7. The lowest BCUT2D eigenvalue weighted by Crippen LogP contribution is -2.47. The zero-order valence-corrected chi connectivity index (χ0v) is 19.2. The molecule has 0 aliphatic heterocycles. The van der Waals surface area contributed by atoms with Crippen LogP contribution in [0.4, 0.5) is 0 Å². The van der Waals surface area contributed by atoms with E-state index in [9.17, 15) is 0 Å². The smallest absolute Gasteiger partial charge is 0.192 e. The predicted molar refractivity (Wildman–Crippen MR) is 116 cm³/mol. The van der Waals surface area contributed by atoms with Crippen LogP contribution < -0.4 is 0 Å². The van der Waals surface area contributed by atoms with Crippen LogP contribution in [0.3, 0.4) is 0 Å². The van der Waals surface area contributed by atoms with Gasteiger partial charge in [0, 0.05) is 6.61 Å². The first-order valence-corrected chi connectivity index (χ1v) is 14.8. The number of hydrogen-bond donors (Lipinski definition) is 0. The van der Waals surface area contributed by atoms with Crippen molar-refractivity contribution in [1.82, 2.24) is 0 Å². The van der Waals surface area contributed by atoms with Crippen LogP contribution in [0.15, 0.2) is 0 Å². The van der Waals surface area contributed by atoms with Crippen molar-refractivity contribution in [3.8, 4) is 0 Å². The summed E-state index contributed by atoms with van der Waals surface area (Å²) in [6, 6.07) is 4.30. The van der Waals surface area contributed by atoms with Crippen LogP contribution in [0.5, 0.6) is 0 Å². The van der Waals surface area contributed by atoms with E-state index in [-0.39, 0.29) is 0 Å². The Morgan fingerprint density at radius 1 is 0.731 bits per heavy atom. The largest absolute Gasteiger partial charge is 0.417 e. The molecule has 0 radical (unpaired) electrons. The van der Waals surface area contributed by atoms with E-state index in [1.54, 1.807) is 38.5 Å². The Kier molecular flexibility index (Phi) is 7.71. The highest BCUT2D eigenvalue weighted by Gasteiger charge is 2.50. The summed E-state index contributed by atoms with van der Waals surface area (Å²) in [5, 5.41) is 0. The summed E-state index contributed by atoms with van der Waals surface area (Å²) in [6.45, 7) is 8.17. The molecule has 4 rings (SSSR count). The van der Waals surface area contributed by atoms with Gasteiger partial charge in [-0.1, -0.05) is 59.3 Å². The van der Waals surface area contributed by atoms with Gasteiger partial charge in [-0.05, 0) is 86.2 Å². The Morgan fingerprint density at radius 2 is 1.15 bits per heavy atom. The van der Waals surface area contributed by atoms with Crippen LogP contribution >= 0.6 is 0 Å². The third kappa shape index (κ3) is 5.16. The fourth-order valence-electron chi connectivity index (χ4n) is 7.17. The van der Waals surface area contributed by atoms with Crippen LogP contribution in [0.1, 0.15) is 104 Å². The van der Waals surface area contributed by atoms with E-state index in [4.69, 9.17) is 4.43 Å². The van der Waals surface area contributed by atoms with Crippen LogP contribution in [-0.4, -0.2) is 14.9 Å². The van der Waals surface area contributed by atoms with Crippen LogP contribution in [0.25, 0.3) is 0 Å². The number of unbranched alkanes of at least 4 members (excludes halogenated alkanes) is 3. The highest BCUT2D eigenvalue weighted by Crippen LogP contribution is 2.61. The van der Waals surface area contributed by atoms with Crippen molar-refractivity contribution in [3.05, 3.63) is 0 Å². The summed E-state index contributed by atoms with van der Waals surface area (Å²) in [4.78, 5) is 0. The molecule has 0 spiro atoms. The van der Waals surface area contributed by atoms with Gasteiger partial charge >= 0.3 is 0 Å². The summed E-state index contributed by atoms with van der Waals surface area (Å²) < 4.78 is 7.01. The van der Waals surface area contributed by atoms with Gasteiger partial charge in [-0.2, -0.15) is 0 Å². The van der Waals surface area contributed by atoms with E-state index in [2.05, 4.69) is 20.8 Å². The zero-order chi connectivity index (χ0) is 18.5. The van der Waals surface area contributed by atoms with Gasteiger partial charge in [-0.3, -0.25) is 0 Å². The molecule has 0 heterocycles. The second-order valence-electron chi connectivity index (χ2n) is 10.5. The topological polar surface area (TPSA) is 9.23 Å². The maximum absolute atomic E-state index is 7.01. The zero-order valence-electron chi connectivity index (χ0n) is 18.2. The predicted octanol–water partition coefficient (Wildman–Crippen LogP) is 7.96. The Hall–Kier alpha value is 0.177. The minimum Gasteiger partial charge on any atom is -0.417 e. The van der Waals surface area contributed by atoms with Crippen LogP contribution in [0, 0.1) is 23.2 Å². The standard InChI is InChI=1S/C24H46OSi/c1-4-7-12-26(13-8-5-2,14-9-6-3)25-11-10-24-18-21-15-22(19-24)17-23(16-21)20-24/h21-23H,4-20H2,1-3H3. The normalized spacial score (nSPS) is 33.1. The quantitative estimate of drug-likeness (QED) is 0.295. The summed E-state index contributed by atoms with van der Waals surface area (Å²) in [5.41, 5.74) is 0.704. The molecule has 4 aliphatic carbocycles. The molecule has 0 atom stereocenters. The maximum Gasteiger partial charge on any atom is 0.192 e. The molecule has 1 nitrogen and oxygen atoms in total. The van der Waals surface area contributed by atoms with Crippen molar-refractivity contribution in [2.45, 2.75) is 122 Å². The Morgan fingerprint density at radius 3 is 1.54 bits per heavy atom.